The highest BCUT2D eigenvalue weighted by Crippen LogP contribution is 2.31. The van der Waals surface area contributed by atoms with E-state index in [4.69, 9.17) is 0 Å². The zero-order valence-electron chi connectivity index (χ0n) is 10.7. The maximum atomic E-state index is 9.94. The fourth-order valence-electron chi connectivity index (χ4n) is 2.56. The molecule has 0 saturated carbocycles. The average molecular weight is 234 g/mol. The normalized spacial score (nSPS) is 18.2. The van der Waals surface area contributed by atoms with Crippen LogP contribution in [0, 0.1) is 0 Å². The summed E-state index contributed by atoms with van der Waals surface area (Å²) in [7, 11) is 0. The van der Waals surface area contributed by atoms with Crippen LogP contribution in [0.1, 0.15) is 19.4 Å². The summed E-state index contributed by atoms with van der Waals surface area (Å²) in [5.41, 5.74) is 1.03. The topological polar surface area (TPSA) is 35.5 Å². The predicted molar refractivity (Wildman–Crippen MR) is 70.4 cm³/mol. The van der Waals surface area contributed by atoms with Gasteiger partial charge in [0.1, 0.15) is 5.75 Å². The van der Waals surface area contributed by atoms with Gasteiger partial charge in [-0.15, -0.1) is 0 Å². The van der Waals surface area contributed by atoms with Crippen LogP contribution in [0.3, 0.4) is 0 Å². The van der Waals surface area contributed by atoms with Gasteiger partial charge in [-0.1, -0.05) is 32.0 Å². The third-order valence-corrected chi connectivity index (χ3v) is 3.46. The number of phenols is 1. The van der Waals surface area contributed by atoms with Crippen molar-refractivity contribution in [2.24, 2.45) is 0 Å². The van der Waals surface area contributed by atoms with E-state index in [9.17, 15) is 5.11 Å². The zero-order chi connectivity index (χ0) is 12.3. The first-order chi connectivity index (χ1) is 8.09. The number of phenolic OH excluding ortho intramolecular Hbond substituents is 1. The first-order valence-corrected chi connectivity index (χ1v) is 6.31. The molecule has 0 atom stereocenters. The van der Waals surface area contributed by atoms with Gasteiger partial charge in [0.25, 0.3) is 0 Å². The number of hydrogen-bond donors (Lipinski definition) is 2. The van der Waals surface area contributed by atoms with E-state index in [1.807, 2.05) is 18.2 Å². The Balaban J connectivity index is 2.10. The molecule has 0 radical (unpaired) electrons. The van der Waals surface area contributed by atoms with Crippen molar-refractivity contribution in [3.63, 3.8) is 0 Å². The maximum Gasteiger partial charge on any atom is 0.119 e. The molecule has 0 unspecified atom stereocenters. The summed E-state index contributed by atoms with van der Waals surface area (Å²) in [6.07, 6.45) is 0. The van der Waals surface area contributed by atoms with E-state index < -0.39 is 0 Å². The zero-order valence-corrected chi connectivity index (χ0v) is 10.7. The Labute approximate surface area is 103 Å². The SMILES string of the molecule is CC(C)(CN1CCNCC1)c1ccccc1O. The van der Waals surface area contributed by atoms with Crippen LogP contribution in [0.4, 0.5) is 0 Å². The second-order valence-corrected chi connectivity index (χ2v) is 5.43. The highest BCUT2D eigenvalue weighted by molar-refractivity contribution is 5.37. The molecule has 1 aromatic carbocycles. The number of piperazine rings is 1. The lowest BCUT2D eigenvalue weighted by atomic mass is 9.83. The molecule has 94 valence electrons. The van der Waals surface area contributed by atoms with Gasteiger partial charge in [0.15, 0.2) is 0 Å². The van der Waals surface area contributed by atoms with Gasteiger partial charge in [-0.05, 0) is 6.07 Å². The van der Waals surface area contributed by atoms with Crippen molar-refractivity contribution >= 4 is 0 Å². The van der Waals surface area contributed by atoms with Gasteiger partial charge in [0.2, 0.25) is 0 Å². The lowest BCUT2D eigenvalue weighted by Gasteiger charge is -2.35. The van der Waals surface area contributed by atoms with Crippen molar-refractivity contribution in [1.29, 1.82) is 0 Å². The summed E-state index contributed by atoms with van der Waals surface area (Å²) >= 11 is 0. The van der Waals surface area contributed by atoms with Crippen molar-refractivity contribution in [3.05, 3.63) is 29.8 Å². The van der Waals surface area contributed by atoms with Gasteiger partial charge in [0, 0.05) is 43.7 Å². The largest absolute Gasteiger partial charge is 0.508 e. The Morgan fingerprint density at radius 3 is 2.53 bits per heavy atom. The molecule has 1 aromatic rings. The number of nitrogens with zero attached hydrogens (tertiary/aromatic N) is 1. The molecular weight excluding hydrogens is 212 g/mol. The molecular formula is C14H22N2O. The standard InChI is InChI=1S/C14H22N2O/c1-14(2,11-16-9-7-15-8-10-16)12-5-3-4-6-13(12)17/h3-6,15,17H,7-11H2,1-2H3. The molecule has 1 aliphatic rings. The van der Waals surface area contributed by atoms with Crippen molar-refractivity contribution in [1.82, 2.24) is 10.2 Å². The quantitative estimate of drug-likeness (QED) is 0.833. The fourth-order valence-corrected chi connectivity index (χ4v) is 2.56. The summed E-state index contributed by atoms with van der Waals surface area (Å²) < 4.78 is 0. The van der Waals surface area contributed by atoms with Gasteiger partial charge in [0.05, 0.1) is 0 Å². The minimum absolute atomic E-state index is 0.0112. The van der Waals surface area contributed by atoms with Crippen molar-refractivity contribution < 1.29 is 5.11 Å². The first kappa shape index (κ1) is 12.4. The third kappa shape index (κ3) is 2.99. The second kappa shape index (κ2) is 5.07. The fraction of sp³-hybridized carbons (Fsp3) is 0.571. The Bertz CT molecular complexity index is 370. The van der Waals surface area contributed by atoms with Crippen LogP contribution in [0.15, 0.2) is 24.3 Å². The number of para-hydroxylation sites is 1. The van der Waals surface area contributed by atoms with E-state index >= 15 is 0 Å². The van der Waals surface area contributed by atoms with E-state index in [1.165, 1.54) is 0 Å². The van der Waals surface area contributed by atoms with Gasteiger partial charge < -0.3 is 10.4 Å². The van der Waals surface area contributed by atoms with E-state index in [1.54, 1.807) is 6.07 Å². The average Bonchev–Trinajstić information content (AvgIpc) is 2.30. The van der Waals surface area contributed by atoms with E-state index in [0.29, 0.717) is 5.75 Å². The molecule has 0 spiro atoms. The molecule has 1 heterocycles. The molecule has 0 aromatic heterocycles. The lowest BCUT2D eigenvalue weighted by molar-refractivity contribution is 0.198. The van der Waals surface area contributed by atoms with E-state index in [-0.39, 0.29) is 5.41 Å². The van der Waals surface area contributed by atoms with E-state index in [2.05, 4.69) is 24.1 Å². The molecule has 1 aliphatic heterocycles. The van der Waals surface area contributed by atoms with Gasteiger partial charge in [-0.2, -0.15) is 0 Å². The summed E-state index contributed by atoms with van der Waals surface area (Å²) in [6, 6.07) is 7.67. The predicted octanol–water partition coefficient (Wildman–Crippen LogP) is 1.57. The minimum Gasteiger partial charge on any atom is -0.508 e. The number of rotatable bonds is 3. The molecule has 3 heteroatoms. The summed E-state index contributed by atoms with van der Waals surface area (Å²) in [5.74, 6) is 0.410. The first-order valence-electron chi connectivity index (χ1n) is 6.31. The van der Waals surface area contributed by atoms with Gasteiger partial charge in [-0.3, -0.25) is 4.90 Å². The van der Waals surface area contributed by atoms with Crippen molar-refractivity contribution in [3.8, 4) is 5.75 Å². The number of hydrogen-bond acceptors (Lipinski definition) is 3. The van der Waals surface area contributed by atoms with Crippen LogP contribution < -0.4 is 5.32 Å². The van der Waals surface area contributed by atoms with Crippen LogP contribution >= 0.6 is 0 Å². The van der Waals surface area contributed by atoms with Crippen LogP contribution in [0.2, 0.25) is 0 Å². The van der Waals surface area contributed by atoms with Gasteiger partial charge >= 0.3 is 0 Å². The highest BCUT2D eigenvalue weighted by atomic mass is 16.3. The Kier molecular flexibility index (Phi) is 3.69. The maximum absolute atomic E-state index is 9.94. The number of nitrogens with one attached hydrogen (secondary N) is 1. The second-order valence-electron chi connectivity index (χ2n) is 5.43. The monoisotopic (exact) mass is 234 g/mol. The smallest absolute Gasteiger partial charge is 0.119 e. The molecule has 2 N–H and O–H groups in total. The van der Waals surface area contributed by atoms with E-state index in [0.717, 1.165) is 38.3 Å². The van der Waals surface area contributed by atoms with Crippen molar-refractivity contribution in [2.75, 3.05) is 32.7 Å². The number of aromatic hydroxyl groups is 1. The van der Waals surface area contributed by atoms with Crippen molar-refractivity contribution in [2.45, 2.75) is 19.3 Å². The van der Waals surface area contributed by atoms with Crippen LogP contribution in [0.25, 0.3) is 0 Å². The Hall–Kier alpha value is -1.06. The van der Waals surface area contributed by atoms with Crippen LogP contribution in [-0.2, 0) is 5.41 Å². The van der Waals surface area contributed by atoms with Crippen LogP contribution in [-0.4, -0.2) is 42.7 Å². The highest BCUT2D eigenvalue weighted by Gasteiger charge is 2.26. The molecule has 17 heavy (non-hydrogen) atoms. The molecule has 0 bridgehead atoms. The molecule has 3 nitrogen and oxygen atoms in total. The van der Waals surface area contributed by atoms with Crippen LogP contribution in [0.5, 0.6) is 5.75 Å². The molecule has 1 saturated heterocycles. The Morgan fingerprint density at radius 2 is 1.88 bits per heavy atom. The van der Waals surface area contributed by atoms with Gasteiger partial charge in [-0.25, -0.2) is 0 Å². The minimum atomic E-state index is -0.0112. The molecule has 0 amide bonds. The third-order valence-electron chi connectivity index (χ3n) is 3.46. The molecule has 2 rings (SSSR count). The lowest BCUT2D eigenvalue weighted by Crippen LogP contribution is -2.47. The molecule has 1 fully saturated rings. The summed E-state index contributed by atoms with van der Waals surface area (Å²) in [6.45, 7) is 9.71. The molecule has 0 aliphatic carbocycles. The summed E-state index contributed by atoms with van der Waals surface area (Å²) in [4.78, 5) is 2.46. The Morgan fingerprint density at radius 1 is 1.24 bits per heavy atom. The number of benzene rings is 1. The summed E-state index contributed by atoms with van der Waals surface area (Å²) in [5, 5.41) is 13.3.